The maximum absolute atomic E-state index is 15.0. The molecule has 0 spiro atoms. The van der Waals surface area contributed by atoms with E-state index in [1.807, 2.05) is 0 Å². The second-order valence-electron chi connectivity index (χ2n) is 10.2. The van der Waals surface area contributed by atoms with Gasteiger partial charge >= 0.3 is 11.9 Å². The van der Waals surface area contributed by atoms with E-state index in [4.69, 9.17) is 0 Å². The topological polar surface area (TPSA) is 232 Å². The molecule has 2 amide bonds. The van der Waals surface area contributed by atoms with Crippen LogP contribution < -0.4 is 10.6 Å². The number of benzene rings is 2. The maximum atomic E-state index is 15.0. The van der Waals surface area contributed by atoms with Gasteiger partial charge in [-0.2, -0.15) is 0 Å². The van der Waals surface area contributed by atoms with Crippen molar-refractivity contribution in [2.75, 3.05) is 10.6 Å². The molecule has 4 heterocycles. The third kappa shape index (κ3) is 6.66. The Morgan fingerprint density at radius 2 is 1.54 bits per heavy atom. The van der Waals surface area contributed by atoms with E-state index in [1.165, 1.54) is 42.7 Å². The van der Waals surface area contributed by atoms with Crippen molar-refractivity contribution in [1.82, 2.24) is 45.0 Å². The van der Waals surface area contributed by atoms with Gasteiger partial charge in [0.25, 0.3) is 11.8 Å². The van der Waals surface area contributed by atoms with Gasteiger partial charge in [-0.15, -0.1) is 25.0 Å². The summed E-state index contributed by atoms with van der Waals surface area (Å²) in [5.74, 6) is -4.51. The van der Waals surface area contributed by atoms with E-state index in [0.29, 0.717) is 29.9 Å². The summed E-state index contributed by atoms with van der Waals surface area (Å²) in [6.45, 7) is 0. The smallest absolute Gasteiger partial charge is 0.337 e. The Bertz CT molecular complexity index is 2190. The van der Waals surface area contributed by atoms with E-state index in [-0.39, 0.29) is 40.3 Å². The number of aromatic carboxylic acids is 2. The predicted molar refractivity (Wildman–Crippen MR) is 162 cm³/mol. The van der Waals surface area contributed by atoms with Gasteiger partial charge in [-0.3, -0.25) is 14.2 Å². The van der Waals surface area contributed by atoms with Gasteiger partial charge in [0.1, 0.15) is 12.1 Å². The number of tetrazole rings is 1. The van der Waals surface area contributed by atoms with Gasteiger partial charge < -0.3 is 20.8 Å². The molecule has 0 saturated heterocycles. The SMILES string of the molecule is O=C(Nc1cc(CCCc2cc(NC(=O)c3ccc4nnnn4n3)c(C(=O)O)cc2F)ccc1C(=O)O)c1ccc(-n2ccnc2)nn1. The second kappa shape index (κ2) is 13.2. The highest BCUT2D eigenvalue weighted by Crippen LogP contribution is 2.25. The number of fused-ring (bicyclic) bond motifs is 1. The Morgan fingerprint density at radius 1 is 0.792 bits per heavy atom. The highest BCUT2D eigenvalue weighted by Gasteiger charge is 2.20. The van der Waals surface area contributed by atoms with Crippen LogP contribution in [0.1, 0.15) is 59.2 Å². The van der Waals surface area contributed by atoms with Crippen LogP contribution in [0.4, 0.5) is 15.8 Å². The minimum atomic E-state index is -1.45. The van der Waals surface area contributed by atoms with Crippen LogP contribution in [0.3, 0.4) is 0 Å². The lowest BCUT2D eigenvalue weighted by atomic mass is 9.99. The first kappa shape index (κ1) is 31.0. The standard InChI is InChI=1S/C30H22FN11O6/c31-20-14-19(30(47)48)24(34-28(44)22-7-9-26-37-39-40-42(26)38-22)13-17(20)3-1-2-16-4-5-18(29(45)46)23(12-16)33-27(43)21-6-8-25(36-35-21)41-11-10-32-15-41/h4-15H,1-3H2,(H,33,43)(H,34,44)(H,45,46)(H,47,48). The lowest BCUT2D eigenvalue weighted by Gasteiger charge is -2.13. The molecule has 4 N–H and O–H groups in total. The molecule has 0 atom stereocenters. The van der Waals surface area contributed by atoms with Crippen LogP contribution in [0.5, 0.6) is 0 Å². The normalized spacial score (nSPS) is 10.9. The van der Waals surface area contributed by atoms with Crippen LogP contribution >= 0.6 is 0 Å². The Labute approximate surface area is 268 Å². The summed E-state index contributed by atoms with van der Waals surface area (Å²) in [6.07, 6.45) is 5.54. The third-order valence-electron chi connectivity index (χ3n) is 7.09. The summed E-state index contributed by atoms with van der Waals surface area (Å²) in [6, 6.07) is 12.3. The number of hydrogen-bond donors (Lipinski definition) is 4. The molecule has 0 radical (unpaired) electrons. The molecular weight excluding hydrogens is 629 g/mol. The van der Waals surface area contributed by atoms with Crippen LogP contribution in [0.25, 0.3) is 11.5 Å². The van der Waals surface area contributed by atoms with Crippen molar-refractivity contribution in [2.24, 2.45) is 0 Å². The molecule has 0 unspecified atom stereocenters. The minimum absolute atomic E-state index is 0.0287. The van der Waals surface area contributed by atoms with Gasteiger partial charge in [0.2, 0.25) is 0 Å². The van der Waals surface area contributed by atoms with Crippen molar-refractivity contribution in [3.63, 3.8) is 0 Å². The molecule has 2 aromatic carbocycles. The maximum Gasteiger partial charge on any atom is 0.337 e. The monoisotopic (exact) mass is 651 g/mol. The van der Waals surface area contributed by atoms with Crippen LogP contribution in [-0.2, 0) is 12.8 Å². The van der Waals surface area contributed by atoms with E-state index >= 15 is 0 Å². The zero-order chi connectivity index (χ0) is 33.8. The van der Waals surface area contributed by atoms with Gasteiger partial charge in [0.05, 0.1) is 22.5 Å². The molecule has 6 aromatic rings. The molecule has 4 aromatic heterocycles. The van der Waals surface area contributed by atoms with Crippen molar-refractivity contribution < 1.29 is 33.8 Å². The zero-order valence-electron chi connectivity index (χ0n) is 24.5. The van der Waals surface area contributed by atoms with Gasteiger partial charge in [-0.1, -0.05) is 6.07 Å². The summed E-state index contributed by atoms with van der Waals surface area (Å²) in [5, 5.41) is 47.0. The zero-order valence-corrected chi connectivity index (χ0v) is 24.5. The number of aromatic nitrogens is 9. The number of carbonyl (C=O) groups is 4. The summed E-state index contributed by atoms with van der Waals surface area (Å²) in [5.41, 5.74) is 0.183. The number of halogens is 1. The van der Waals surface area contributed by atoms with Crippen molar-refractivity contribution in [2.45, 2.75) is 19.3 Å². The first-order valence-corrected chi connectivity index (χ1v) is 14.1. The van der Waals surface area contributed by atoms with Crippen LogP contribution in [0.2, 0.25) is 0 Å². The number of hydrogen-bond acceptors (Lipinski definition) is 11. The highest BCUT2D eigenvalue weighted by molar-refractivity contribution is 6.07. The van der Waals surface area contributed by atoms with Gasteiger partial charge in [0.15, 0.2) is 22.9 Å². The molecule has 0 aliphatic carbocycles. The number of anilines is 2. The predicted octanol–water partition coefficient (Wildman–Crippen LogP) is 2.71. The molecule has 18 heteroatoms. The molecule has 0 fully saturated rings. The van der Waals surface area contributed by atoms with E-state index in [1.54, 1.807) is 29.1 Å². The van der Waals surface area contributed by atoms with Crippen molar-refractivity contribution >= 4 is 40.8 Å². The highest BCUT2D eigenvalue weighted by atomic mass is 19.1. The van der Waals surface area contributed by atoms with Gasteiger partial charge in [-0.25, -0.2) is 19.0 Å². The number of aryl methyl sites for hydroxylation is 2. The first-order chi connectivity index (χ1) is 23.2. The summed E-state index contributed by atoms with van der Waals surface area (Å²) >= 11 is 0. The molecule has 48 heavy (non-hydrogen) atoms. The van der Waals surface area contributed by atoms with Crippen LogP contribution in [-0.4, -0.2) is 79.0 Å². The second-order valence-corrected chi connectivity index (χ2v) is 10.2. The van der Waals surface area contributed by atoms with E-state index in [2.05, 4.69) is 46.4 Å². The lowest BCUT2D eigenvalue weighted by Crippen LogP contribution is -2.18. The Hall–Kier alpha value is -6.98. The molecule has 240 valence electrons. The number of carboxylic acid groups (broad SMARTS) is 2. The quantitative estimate of drug-likeness (QED) is 0.158. The average Bonchev–Trinajstić information content (AvgIpc) is 3.78. The number of nitrogens with one attached hydrogen (secondary N) is 2. The summed E-state index contributed by atoms with van der Waals surface area (Å²) < 4.78 is 17.6. The average molecular weight is 652 g/mol. The van der Waals surface area contributed by atoms with E-state index in [9.17, 15) is 33.8 Å². The van der Waals surface area contributed by atoms with Crippen molar-refractivity contribution in [1.29, 1.82) is 0 Å². The number of carboxylic acids is 2. The molecule has 0 aliphatic heterocycles. The van der Waals surface area contributed by atoms with Crippen LogP contribution in [0.15, 0.2) is 73.3 Å². The number of nitrogens with zero attached hydrogens (tertiary/aromatic N) is 9. The molecule has 0 saturated carbocycles. The molecule has 0 aliphatic rings. The Morgan fingerprint density at radius 3 is 2.25 bits per heavy atom. The Kier molecular flexibility index (Phi) is 8.51. The summed E-state index contributed by atoms with van der Waals surface area (Å²) in [7, 11) is 0. The van der Waals surface area contributed by atoms with Gasteiger partial charge in [-0.05, 0) is 89.3 Å². The minimum Gasteiger partial charge on any atom is -0.478 e. The summed E-state index contributed by atoms with van der Waals surface area (Å²) in [4.78, 5) is 53.4. The largest absolute Gasteiger partial charge is 0.478 e. The third-order valence-corrected chi connectivity index (χ3v) is 7.09. The number of amides is 2. The molecule has 17 nitrogen and oxygen atoms in total. The van der Waals surface area contributed by atoms with E-state index in [0.717, 1.165) is 10.7 Å². The fourth-order valence-electron chi connectivity index (χ4n) is 4.73. The molecular formula is C30H22FN11O6. The van der Waals surface area contributed by atoms with Crippen molar-refractivity contribution in [3.8, 4) is 5.82 Å². The van der Waals surface area contributed by atoms with E-state index < -0.39 is 35.1 Å². The molecule has 6 rings (SSSR count). The lowest BCUT2D eigenvalue weighted by molar-refractivity contribution is 0.0686. The van der Waals surface area contributed by atoms with Crippen molar-refractivity contribution in [3.05, 3.63) is 113 Å². The Balaban J connectivity index is 1.15. The van der Waals surface area contributed by atoms with Gasteiger partial charge in [0, 0.05) is 12.4 Å². The van der Waals surface area contributed by atoms with Crippen LogP contribution in [0, 0.1) is 5.82 Å². The fraction of sp³-hybridized carbons (Fsp3) is 0.100. The molecule has 0 bridgehead atoms. The number of imidazole rings is 1. The number of carbonyl (C=O) groups excluding carboxylic acids is 2. The number of rotatable bonds is 11. The first-order valence-electron chi connectivity index (χ1n) is 14.1. The fourth-order valence-corrected chi connectivity index (χ4v) is 4.73.